The summed E-state index contributed by atoms with van der Waals surface area (Å²) >= 11 is 6.24. The fourth-order valence-electron chi connectivity index (χ4n) is 1.28. The van der Waals surface area contributed by atoms with E-state index in [1.54, 1.807) is 0 Å². The lowest BCUT2D eigenvalue weighted by atomic mass is 10.3. The van der Waals surface area contributed by atoms with Crippen LogP contribution in [0.15, 0.2) is 35.2 Å². The molecule has 0 heterocycles. The molecule has 1 nitrogen and oxygen atoms in total. The van der Waals surface area contributed by atoms with Crippen molar-refractivity contribution in [1.82, 2.24) is 0 Å². The van der Waals surface area contributed by atoms with E-state index in [-0.39, 0.29) is 10.6 Å². The van der Waals surface area contributed by atoms with E-state index >= 15 is 0 Å². The van der Waals surface area contributed by atoms with Crippen LogP contribution in [0, 0.1) is 11.5 Å². The number of hydrogen-bond acceptors (Lipinski definition) is 1. The Morgan fingerprint density at radius 3 is 2.28 bits per heavy atom. The van der Waals surface area contributed by atoms with Crippen molar-refractivity contribution in [1.29, 1.82) is 0 Å². The molecule has 0 N–H and O–H groups in total. The second-order valence-corrected chi connectivity index (χ2v) is 12.3. The Balaban J connectivity index is 2.78. The topological polar surface area (TPSA) is 17.1 Å². The molecule has 0 radical (unpaired) electrons. The monoisotopic (exact) mass is 298 g/mol. The Kier molecular flexibility index (Phi) is 5.65. The van der Waals surface area contributed by atoms with Gasteiger partial charge in [-0.15, -0.1) is 17.1 Å². The van der Waals surface area contributed by atoms with Gasteiger partial charge in [-0.1, -0.05) is 43.8 Å². The van der Waals surface area contributed by atoms with E-state index in [1.807, 2.05) is 37.3 Å². The SMILES string of the molecule is CC(C(Cl)C#C[Si](C)(C)C)S(=O)c1ccccc1. The maximum absolute atomic E-state index is 12.3. The highest BCUT2D eigenvalue weighted by Crippen LogP contribution is 2.16. The van der Waals surface area contributed by atoms with Crippen molar-refractivity contribution in [3.05, 3.63) is 30.3 Å². The summed E-state index contributed by atoms with van der Waals surface area (Å²) in [5.41, 5.74) is 3.23. The molecule has 1 aromatic carbocycles. The minimum absolute atomic E-state index is 0.169. The van der Waals surface area contributed by atoms with E-state index in [1.165, 1.54) is 0 Å². The Labute approximate surface area is 118 Å². The molecule has 0 fully saturated rings. The van der Waals surface area contributed by atoms with Crippen molar-refractivity contribution >= 4 is 30.5 Å². The van der Waals surface area contributed by atoms with E-state index < -0.39 is 18.9 Å². The van der Waals surface area contributed by atoms with Crippen LogP contribution in [0.4, 0.5) is 0 Å². The highest BCUT2D eigenvalue weighted by Gasteiger charge is 2.21. The summed E-state index contributed by atoms with van der Waals surface area (Å²) in [5, 5.41) is -0.532. The molecule has 18 heavy (non-hydrogen) atoms. The average Bonchev–Trinajstić information content (AvgIpc) is 2.34. The zero-order valence-electron chi connectivity index (χ0n) is 11.2. The lowest BCUT2D eigenvalue weighted by Crippen LogP contribution is -2.24. The third kappa shape index (κ3) is 4.97. The molecule has 0 amide bonds. The van der Waals surface area contributed by atoms with Crippen molar-refractivity contribution in [2.24, 2.45) is 0 Å². The van der Waals surface area contributed by atoms with Crippen molar-refractivity contribution in [3.8, 4) is 11.5 Å². The van der Waals surface area contributed by atoms with Gasteiger partial charge in [0, 0.05) is 4.90 Å². The van der Waals surface area contributed by atoms with E-state index in [4.69, 9.17) is 11.6 Å². The Bertz CT molecular complexity index is 470. The minimum atomic E-state index is -1.42. The minimum Gasteiger partial charge on any atom is -0.254 e. The quantitative estimate of drug-likeness (QED) is 0.473. The molecular formula is C14H19ClOSSi. The van der Waals surface area contributed by atoms with Crippen LogP contribution in [0.3, 0.4) is 0 Å². The Morgan fingerprint density at radius 2 is 1.78 bits per heavy atom. The predicted octanol–water partition coefficient (Wildman–Crippen LogP) is 3.67. The van der Waals surface area contributed by atoms with Gasteiger partial charge < -0.3 is 0 Å². The molecule has 3 atom stereocenters. The fourth-order valence-corrected chi connectivity index (χ4v) is 3.44. The predicted molar refractivity (Wildman–Crippen MR) is 83.1 cm³/mol. The lowest BCUT2D eigenvalue weighted by Gasteiger charge is -2.13. The molecule has 0 bridgehead atoms. The van der Waals surface area contributed by atoms with Gasteiger partial charge >= 0.3 is 0 Å². The standard InChI is InChI=1S/C14H19ClOSSi/c1-12(14(15)10-11-18(2,3)4)17(16)13-8-6-5-7-9-13/h5-9,12,14H,1-4H3. The summed E-state index contributed by atoms with van der Waals surface area (Å²) in [6.07, 6.45) is 0. The molecule has 0 aliphatic rings. The number of halogens is 1. The van der Waals surface area contributed by atoms with E-state index in [0.29, 0.717) is 0 Å². The van der Waals surface area contributed by atoms with Crippen molar-refractivity contribution in [3.63, 3.8) is 0 Å². The normalized spacial score (nSPS) is 16.3. The molecule has 1 aromatic rings. The molecule has 1 rings (SSSR count). The fraction of sp³-hybridized carbons (Fsp3) is 0.429. The summed E-state index contributed by atoms with van der Waals surface area (Å²) in [6.45, 7) is 8.40. The summed E-state index contributed by atoms with van der Waals surface area (Å²) in [5.74, 6) is 3.06. The molecule has 98 valence electrons. The van der Waals surface area contributed by atoms with E-state index in [9.17, 15) is 4.21 Å². The van der Waals surface area contributed by atoms with Crippen LogP contribution in [0.1, 0.15) is 6.92 Å². The van der Waals surface area contributed by atoms with Gasteiger partial charge in [0.15, 0.2) is 0 Å². The third-order valence-electron chi connectivity index (χ3n) is 2.31. The highest BCUT2D eigenvalue weighted by atomic mass is 35.5. The molecule has 4 heteroatoms. The van der Waals surface area contributed by atoms with Crippen LogP contribution in [-0.2, 0) is 10.8 Å². The molecular weight excluding hydrogens is 280 g/mol. The average molecular weight is 299 g/mol. The van der Waals surface area contributed by atoms with Crippen molar-refractivity contribution < 1.29 is 4.21 Å². The summed E-state index contributed by atoms with van der Waals surface area (Å²) in [6, 6.07) is 9.41. The van der Waals surface area contributed by atoms with Gasteiger partial charge in [0.05, 0.1) is 16.0 Å². The first-order valence-corrected chi connectivity index (χ1v) is 11.1. The van der Waals surface area contributed by atoms with Crippen molar-refractivity contribution in [2.45, 2.75) is 42.1 Å². The van der Waals surface area contributed by atoms with Gasteiger partial charge in [-0.2, -0.15) is 0 Å². The van der Waals surface area contributed by atoms with E-state index in [2.05, 4.69) is 31.1 Å². The number of alkyl halides is 1. The molecule has 0 saturated heterocycles. The smallest absolute Gasteiger partial charge is 0.129 e. The Morgan fingerprint density at radius 1 is 1.22 bits per heavy atom. The van der Waals surface area contributed by atoms with Gasteiger partial charge in [-0.25, -0.2) is 0 Å². The first kappa shape index (κ1) is 15.5. The number of benzene rings is 1. The molecule has 0 aliphatic carbocycles. The third-order valence-corrected chi connectivity index (χ3v) is 5.53. The van der Waals surface area contributed by atoms with E-state index in [0.717, 1.165) is 4.90 Å². The zero-order valence-corrected chi connectivity index (χ0v) is 13.8. The first-order valence-electron chi connectivity index (χ1n) is 5.93. The number of rotatable bonds is 3. The van der Waals surface area contributed by atoms with Crippen LogP contribution in [-0.4, -0.2) is 22.9 Å². The highest BCUT2D eigenvalue weighted by molar-refractivity contribution is 7.85. The second-order valence-electron chi connectivity index (χ2n) is 5.24. The molecule has 0 aromatic heterocycles. The van der Waals surface area contributed by atoms with Gasteiger partial charge in [-0.3, -0.25) is 4.21 Å². The summed E-state index contributed by atoms with van der Waals surface area (Å²) in [4.78, 5) is 0.811. The number of hydrogen-bond donors (Lipinski definition) is 0. The van der Waals surface area contributed by atoms with Crippen LogP contribution in [0.25, 0.3) is 0 Å². The van der Waals surface area contributed by atoms with Crippen LogP contribution in [0.2, 0.25) is 19.6 Å². The van der Waals surface area contributed by atoms with Gasteiger partial charge in [0.2, 0.25) is 0 Å². The maximum Gasteiger partial charge on any atom is 0.129 e. The molecule has 0 aliphatic heterocycles. The summed E-state index contributed by atoms with van der Waals surface area (Å²) in [7, 11) is -2.53. The van der Waals surface area contributed by atoms with Crippen molar-refractivity contribution in [2.75, 3.05) is 0 Å². The first-order chi connectivity index (χ1) is 8.31. The van der Waals surface area contributed by atoms with Crippen LogP contribution < -0.4 is 0 Å². The maximum atomic E-state index is 12.3. The van der Waals surface area contributed by atoms with Gasteiger partial charge in [-0.05, 0) is 19.1 Å². The molecule has 0 spiro atoms. The molecule has 0 saturated carbocycles. The van der Waals surface area contributed by atoms with Gasteiger partial charge in [0.25, 0.3) is 0 Å². The van der Waals surface area contributed by atoms with Crippen LogP contribution >= 0.6 is 11.6 Å². The Hall–Kier alpha value is -0.563. The largest absolute Gasteiger partial charge is 0.254 e. The van der Waals surface area contributed by atoms with Crippen LogP contribution in [0.5, 0.6) is 0 Å². The second kappa shape index (κ2) is 6.56. The van der Waals surface area contributed by atoms with Gasteiger partial charge in [0.1, 0.15) is 13.5 Å². The molecule has 3 unspecified atom stereocenters. The lowest BCUT2D eigenvalue weighted by molar-refractivity contribution is 0.674. The summed E-state index contributed by atoms with van der Waals surface area (Å²) < 4.78 is 12.3. The zero-order chi connectivity index (χ0) is 13.8.